The quantitative estimate of drug-likeness (QED) is 0.576. The van der Waals surface area contributed by atoms with Crippen molar-refractivity contribution < 1.29 is 19.2 Å². The third-order valence-corrected chi connectivity index (χ3v) is 4.86. The minimum Gasteiger partial charge on any atom is -0.484 e. The van der Waals surface area contributed by atoms with Crippen LogP contribution >= 0.6 is 11.6 Å². The summed E-state index contributed by atoms with van der Waals surface area (Å²) >= 11 is 6.31. The number of hydrogen-bond acceptors (Lipinski definition) is 5. The maximum absolute atomic E-state index is 11.9. The minimum absolute atomic E-state index is 0.111. The molecule has 8 heteroatoms. The monoisotopic (exact) mass is 389 g/mol. The van der Waals surface area contributed by atoms with Crippen molar-refractivity contribution in [2.45, 2.75) is 39.0 Å². The second kappa shape index (κ2) is 7.25. The Balaban J connectivity index is 1.43. The first-order chi connectivity index (χ1) is 13.0. The first-order valence-corrected chi connectivity index (χ1v) is 9.19. The Morgan fingerprint density at radius 2 is 2.26 bits per heavy atom. The van der Waals surface area contributed by atoms with Gasteiger partial charge < -0.3 is 24.7 Å². The van der Waals surface area contributed by atoms with Crippen molar-refractivity contribution in [2.24, 2.45) is 5.92 Å². The Kier molecular flexibility index (Phi) is 4.80. The van der Waals surface area contributed by atoms with Gasteiger partial charge >= 0.3 is 0 Å². The van der Waals surface area contributed by atoms with Gasteiger partial charge in [-0.25, -0.2) is 0 Å². The number of nitrogens with one attached hydrogen (secondary N) is 2. The summed E-state index contributed by atoms with van der Waals surface area (Å²) in [6, 6.07) is 7.33. The van der Waals surface area contributed by atoms with Crippen molar-refractivity contribution in [3.8, 4) is 5.75 Å². The Labute approximate surface area is 160 Å². The second-order valence-corrected chi connectivity index (χ2v) is 7.30. The molecule has 4 rings (SSSR count). The van der Waals surface area contributed by atoms with E-state index in [2.05, 4.69) is 15.5 Å². The maximum Gasteiger partial charge on any atom is 0.249 e. The molecule has 0 aliphatic heterocycles. The lowest BCUT2D eigenvalue weighted by Crippen LogP contribution is -2.35. The van der Waals surface area contributed by atoms with Crippen LogP contribution in [0.1, 0.15) is 30.0 Å². The van der Waals surface area contributed by atoms with Crippen LogP contribution in [0.2, 0.25) is 5.02 Å². The van der Waals surface area contributed by atoms with E-state index in [1.807, 2.05) is 19.1 Å². The van der Waals surface area contributed by atoms with Gasteiger partial charge in [0, 0.05) is 28.7 Å². The molecule has 0 saturated heterocycles. The summed E-state index contributed by atoms with van der Waals surface area (Å²) in [5.41, 5.74) is 2.45. The molecule has 2 aromatic heterocycles. The number of amides is 1. The molecule has 142 valence electrons. The SMILES string of the molecule is Cc1cc(COc2cc3[nH]c(CNC(=O)C(O)C4CC4)cc3cc2Cl)on1. The first-order valence-electron chi connectivity index (χ1n) is 8.81. The van der Waals surface area contributed by atoms with Crippen LogP contribution < -0.4 is 10.1 Å². The lowest BCUT2D eigenvalue weighted by molar-refractivity contribution is -0.130. The highest BCUT2D eigenvalue weighted by Crippen LogP contribution is 2.33. The number of hydrogen-bond donors (Lipinski definition) is 3. The number of rotatable bonds is 7. The fourth-order valence-electron chi connectivity index (χ4n) is 2.95. The second-order valence-electron chi connectivity index (χ2n) is 6.89. The van der Waals surface area contributed by atoms with Crippen LogP contribution in [0.5, 0.6) is 5.75 Å². The average Bonchev–Trinajstić information content (AvgIpc) is 3.30. The topological polar surface area (TPSA) is 100 Å². The van der Waals surface area contributed by atoms with Crippen molar-refractivity contribution in [3.05, 3.63) is 46.4 Å². The molecule has 7 nitrogen and oxygen atoms in total. The van der Waals surface area contributed by atoms with Crippen molar-refractivity contribution in [1.82, 2.24) is 15.5 Å². The smallest absolute Gasteiger partial charge is 0.249 e. The van der Waals surface area contributed by atoms with E-state index in [1.165, 1.54) is 0 Å². The van der Waals surface area contributed by atoms with E-state index in [1.54, 1.807) is 12.1 Å². The van der Waals surface area contributed by atoms with E-state index in [0.29, 0.717) is 23.1 Å². The molecule has 1 aliphatic rings. The van der Waals surface area contributed by atoms with Crippen molar-refractivity contribution >= 4 is 28.4 Å². The molecular weight excluding hydrogens is 370 g/mol. The normalized spacial score (nSPS) is 15.1. The summed E-state index contributed by atoms with van der Waals surface area (Å²) in [6.45, 7) is 2.38. The van der Waals surface area contributed by atoms with E-state index in [0.717, 1.165) is 35.1 Å². The summed E-state index contributed by atoms with van der Waals surface area (Å²) < 4.78 is 10.9. The molecule has 0 spiro atoms. The van der Waals surface area contributed by atoms with Crippen LogP contribution in [0.4, 0.5) is 0 Å². The summed E-state index contributed by atoms with van der Waals surface area (Å²) in [5.74, 6) is 0.924. The number of H-pyrrole nitrogens is 1. The fourth-order valence-corrected chi connectivity index (χ4v) is 3.17. The zero-order valence-corrected chi connectivity index (χ0v) is 15.5. The predicted octanol–water partition coefficient (Wildman–Crippen LogP) is 3.08. The third-order valence-electron chi connectivity index (χ3n) is 4.57. The number of fused-ring (bicyclic) bond motifs is 1. The maximum atomic E-state index is 11.9. The van der Waals surface area contributed by atoms with Crippen molar-refractivity contribution in [3.63, 3.8) is 0 Å². The molecule has 0 radical (unpaired) electrons. The van der Waals surface area contributed by atoms with Crippen LogP contribution in [-0.2, 0) is 17.9 Å². The van der Waals surface area contributed by atoms with Crippen LogP contribution in [0.3, 0.4) is 0 Å². The van der Waals surface area contributed by atoms with Crippen LogP contribution in [0, 0.1) is 12.8 Å². The van der Waals surface area contributed by atoms with Gasteiger partial charge in [-0.1, -0.05) is 16.8 Å². The molecule has 1 atom stereocenters. The van der Waals surface area contributed by atoms with Gasteiger partial charge in [-0.2, -0.15) is 0 Å². The molecule has 1 aliphatic carbocycles. The molecule has 3 aromatic rings. The fraction of sp³-hybridized carbons (Fsp3) is 0.368. The highest BCUT2D eigenvalue weighted by atomic mass is 35.5. The van der Waals surface area contributed by atoms with Gasteiger partial charge in [0.05, 0.1) is 17.3 Å². The Morgan fingerprint density at radius 1 is 1.44 bits per heavy atom. The lowest BCUT2D eigenvalue weighted by Gasteiger charge is -2.09. The van der Waals surface area contributed by atoms with Gasteiger partial charge in [-0.3, -0.25) is 4.79 Å². The summed E-state index contributed by atoms with van der Waals surface area (Å²) in [4.78, 5) is 15.1. The highest BCUT2D eigenvalue weighted by Gasteiger charge is 2.34. The number of carbonyl (C=O) groups excluding carboxylic acids is 1. The Morgan fingerprint density at radius 3 is 2.96 bits per heavy atom. The Bertz CT molecular complexity index is 977. The van der Waals surface area contributed by atoms with Crippen LogP contribution in [0.15, 0.2) is 28.8 Å². The van der Waals surface area contributed by atoms with Crippen LogP contribution in [0.25, 0.3) is 10.9 Å². The standard InChI is InChI=1S/C19H20ClN3O4/c1-10-4-14(27-23-10)9-26-17-7-16-12(6-15(17)20)5-13(22-16)8-21-19(25)18(24)11-2-3-11/h4-7,11,18,22,24H,2-3,8-9H2,1H3,(H,21,25). The number of nitrogens with zero attached hydrogens (tertiary/aromatic N) is 1. The minimum atomic E-state index is -0.913. The Hall–Kier alpha value is -2.51. The van der Waals surface area contributed by atoms with Crippen molar-refractivity contribution in [1.29, 1.82) is 0 Å². The number of halogens is 1. The van der Waals surface area contributed by atoms with E-state index in [-0.39, 0.29) is 18.4 Å². The molecule has 1 aromatic carbocycles. The largest absolute Gasteiger partial charge is 0.484 e. The molecule has 1 fully saturated rings. The van der Waals surface area contributed by atoms with Gasteiger partial charge in [0.25, 0.3) is 0 Å². The zero-order chi connectivity index (χ0) is 19.0. The van der Waals surface area contributed by atoms with E-state index >= 15 is 0 Å². The summed E-state index contributed by atoms with van der Waals surface area (Å²) in [7, 11) is 0. The van der Waals surface area contributed by atoms with E-state index < -0.39 is 6.10 Å². The number of carbonyl (C=O) groups is 1. The number of ether oxygens (including phenoxy) is 1. The number of benzene rings is 1. The number of aromatic amines is 1. The number of aryl methyl sites for hydroxylation is 1. The molecule has 1 amide bonds. The third kappa shape index (κ3) is 4.09. The highest BCUT2D eigenvalue weighted by molar-refractivity contribution is 6.32. The molecule has 0 bridgehead atoms. The molecule has 3 N–H and O–H groups in total. The molecule has 27 heavy (non-hydrogen) atoms. The number of aliphatic hydroxyl groups excluding tert-OH is 1. The van der Waals surface area contributed by atoms with E-state index in [9.17, 15) is 9.90 Å². The van der Waals surface area contributed by atoms with Gasteiger partial charge in [-0.05, 0) is 37.8 Å². The lowest BCUT2D eigenvalue weighted by atomic mass is 10.2. The van der Waals surface area contributed by atoms with Crippen molar-refractivity contribution in [2.75, 3.05) is 0 Å². The van der Waals surface area contributed by atoms with E-state index in [4.69, 9.17) is 20.9 Å². The zero-order valence-electron chi connectivity index (χ0n) is 14.8. The molecule has 1 unspecified atom stereocenters. The number of aromatic nitrogens is 2. The summed E-state index contributed by atoms with van der Waals surface area (Å²) in [6.07, 6.45) is 0.912. The summed E-state index contributed by atoms with van der Waals surface area (Å²) in [5, 5.41) is 17.8. The van der Waals surface area contributed by atoms with Gasteiger partial charge in [-0.15, -0.1) is 0 Å². The molecule has 1 saturated carbocycles. The van der Waals surface area contributed by atoms with Crippen LogP contribution in [-0.4, -0.2) is 27.3 Å². The molecular formula is C19H20ClN3O4. The van der Waals surface area contributed by atoms with Gasteiger partial charge in [0.15, 0.2) is 5.76 Å². The first kappa shape index (κ1) is 17.9. The van der Waals surface area contributed by atoms with Gasteiger partial charge in [0.1, 0.15) is 18.5 Å². The van der Waals surface area contributed by atoms with Gasteiger partial charge in [0.2, 0.25) is 5.91 Å². The molecule has 2 heterocycles. The number of aliphatic hydroxyl groups is 1. The predicted molar refractivity (Wildman–Crippen MR) is 99.5 cm³/mol. The average molecular weight is 390 g/mol.